The summed E-state index contributed by atoms with van der Waals surface area (Å²) in [6, 6.07) is 5.97. The Balaban J connectivity index is 2.15. The maximum Gasteiger partial charge on any atom is 0.262 e. The first-order valence-electron chi connectivity index (χ1n) is 6.30. The Bertz CT molecular complexity index is 447. The van der Waals surface area contributed by atoms with Crippen LogP contribution in [0.25, 0.3) is 0 Å². The molecule has 0 spiro atoms. The second-order valence-electron chi connectivity index (χ2n) is 4.81. The molecule has 0 fully saturated rings. The molecule has 4 heteroatoms. The largest absolute Gasteiger partial charge is 0.482 e. The number of rotatable bonds is 4. The number of alkyl halides is 1. The molecule has 3 nitrogen and oxygen atoms in total. The highest BCUT2D eigenvalue weighted by atomic mass is 79.9. The third kappa shape index (κ3) is 3.05. The molecule has 1 aromatic rings. The van der Waals surface area contributed by atoms with Gasteiger partial charge in [-0.15, -0.1) is 0 Å². The molecule has 98 valence electrons. The van der Waals surface area contributed by atoms with Crippen molar-refractivity contribution >= 4 is 27.5 Å². The van der Waals surface area contributed by atoms with Crippen LogP contribution in [-0.4, -0.2) is 12.5 Å². The molecule has 0 aliphatic carbocycles. The molecule has 1 amide bonds. The van der Waals surface area contributed by atoms with Crippen molar-refractivity contribution in [3.63, 3.8) is 0 Å². The summed E-state index contributed by atoms with van der Waals surface area (Å²) in [4.78, 5) is 11.6. The highest BCUT2D eigenvalue weighted by molar-refractivity contribution is 9.09. The quantitative estimate of drug-likeness (QED) is 0.857. The summed E-state index contributed by atoms with van der Waals surface area (Å²) in [5.41, 5.74) is 1.96. The molecule has 18 heavy (non-hydrogen) atoms. The lowest BCUT2D eigenvalue weighted by atomic mass is 9.98. The second-order valence-corrected chi connectivity index (χ2v) is 5.91. The van der Waals surface area contributed by atoms with Crippen LogP contribution in [0.4, 0.5) is 5.69 Å². The lowest BCUT2D eigenvalue weighted by Crippen LogP contribution is -2.25. The first-order chi connectivity index (χ1) is 8.60. The Labute approximate surface area is 116 Å². The average molecular weight is 312 g/mol. The van der Waals surface area contributed by atoms with Gasteiger partial charge in [0, 0.05) is 4.83 Å². The fraction of sp³-hybridized carbons (Fsp3) is 0.500. The number of carbonyl (C=O) groups excluding carboxylic acids is 1. The monoisotopic (exact) mass is 311 g/mol. The third-order valence-corrected chi connectivity index (χ3v) is 4.21. The normalized spacial score (nSPS) is 17.4. The number of hydrogen-bond donors (Lipinski definition) is 1. The minimum absolute atomic E-state index is 0.0901. The van der Waals surface area contributed by atoms with E-state index in [2.05, 4.69) is 41.2 Å². The molecule has 1 aliphatic heterocycles. The highest BCUT2D eigenvalue weighted by Gasteiger charge is 2.18. The molecule has 0 saturated heterocycles. The van der Waals surface area contributed by atoms with Gasteiger partial charge in [0.05, 0.1) is 5.69 Å². The van der Waals surface area contributed by atoms with Crippen molar-refractivity contribution in [1.82, 2.24) is 0 Å². The van der Waals surface area contributed by atoms with E-state index in [0.717, 1.165) is 17.9 Å². The van der Waals surface area contributed by atoms with E-state index in [1.165, 1.54) is 12.0 Å². The number of hydrogen-bond acceptors (Lipinski definition) is 2. The van der Waals surface area contributed by atoms with Crippen molar-refractivity contribution < 1.29 is 9.53 Å². The standard InChI is InChI=1S/C14H18BrNO2/c1-3-9(2)6-11(15)10-4-5-13-12(7-10)16-14(17)8-18-13/h4-5,7,9,11H,3,6,8H2,1-2H3,(H,16,17). The molecule has 0 aromatic heterocycles. The van der Waals surface area contributed by atoms with Gasteiger partial charge in [-0.3, -0.25) is 4.79 Å². The number of carbonyl (C=O) groups is 1. The van der Waals surface area contributed by atoms with Crippen LogP contribution in [0.1, 0.15) is 37.1 Å². The van der Waals surface area contributed by atoms with E-state index in [4.69, 9.17) is 4.74 Å². The van der Waals surface area contributed by atoms with Gasteiger partial charge in [0.15, 0.2) is 6.61 Å². The Kier molecular flexibility index (Phi) is 4.27. The molecule has 1 aliphatic rings. The summed E-state index contributed by atoms with van der Waals surface area (Å²) < 4.78 is 5.35. The summed E-state index contributed by atoms with van der Waals surface area (Å²) in [5.74, 6) is 1.34. The van der Waals surface area contributed by atoms with Crippen molar-refractivity contribution in [3.8, 4) is 5.75 Å². The van der Waals surface area contributed by atoms with Crippen molar-refractivity contribution in [2.75, 3.05) is 11.9 Å². The van der Waals surface area contributed by atoms with Crippen LogP contribution < -0.4 is 10.1 Å². The van der Waals surface area contributed by atoms with E-state index in [0.29, 0.717) is 10.7 Å². The van der Waals surface area contributed by atoms with Crippen LogP contribution in [0, 0.1) is 5.92 Å². The maximum atomic E-state index is 11.3. The number of anilines is 1. The topological polar surface area (TPSA) is 38.3 Å². The third-order valence-electron chi connectivity index (χ3n) is 3.30. The summed E-state index contributed by atoms with van der Waals surface area (Å²) in [6.45, 7) is 4.56. The zero-order valence-corrected chi connectivity index (χ0v) is 12.3. The molecule has 2 atom stereocenters. The SMILES string of the molecule is CCC(C)CC(Br)c1ccc2c(c1)NC(=O)CO2. The Hall–Kier alpha value is -1.03. The minimum Gasteiger partial charge on any atom is -0.482 e. The molecular formula is C14H18BrNO2. The van der Waals surface area contributed by atoms with Gasteiger partial charge in [-0.05, 0) is 30.0 Å². The van der Waals surface area contributed by atoms with Crippen molar-refractivity contribution in [1.29, 1.82) is 0 Å². The van der Waals surface area contributed by atoms with E-state index in [-0.39, 0.29) is 12.5 Å². The molecule has 0 bridgehead atoms. The van der Waals surface area contributed by atoms with Gasteiger partial charge in [0.1, 0.15) is 5.75 Å². The van der Waals surface area contributed by atoms with Gasteiger partial charge >= 0.3 is 0 Å². The van der Waals surface area contributed by atoms with E-state index in [1.807, 2.05) is 12.1 Å². The lowest BCUT2D eigenvalue weighted by Gasteiger charge is -2.20. The molecule has 2 rings (SSSR count). The number of amides is 1. The molecular weight excluding hydrogens is 294 g/mol. The number of ether oxygens (including phenoxy) is 1. The molecule has 0 saturated carbocycles. The van der Waals surface area contributed by atoms with E-state index in [1.54, 1.807) is 0 Å². The summed E-state index contributed by atoms with van der Waals surface area (Å²) >= 11 is 3.72. The molecule has 0 radical (unpaired) electrons. The number of benzene rings is 1. The van der Waals surface area contributed by atoms with E-state index in [9.17, 15) is 4.79 Å². The second kappa shape index (κ2) is 5.74. The predicted octanol–water partition coefficient (Wildman–Crippen LogP) is 3.89. The predicted molar refractivity (Wildman–Crippen MR) is 76.3 cm³/mol. The molecule has 1 aromatic carbocycles. The van der Waals surface area contributed by atoms with Crippen LogP contribution >= 0.6 is 15.9 Å². The van der Waals surface area contributed by atoms with Crippen LogP contribution in [-0.2, 0) is 4.79 Å². The summed E-state index contributed by atoms with van der Waals surface area (Å²) in [7, 11) is 0. The Morgan fingerprint density at radius 3 is 3.00 bits per heavy atom. The fourth-order valence-corrected chi connectivity index (χ4v) is 2.87. The highest BCUT2D eigenvalue weighted by Crippen LogP contribution is 2.36. The first-order valence-corrected chi connectivity index (χ1v) is 7.22. The van der Waals surface area contributed by atoms with Gasteiger partial charge in [-0.25, -0.2) is 0 Å². The summed E-state index contributed by atoms with van der Waals surface area (Å²) in [6.07, 6.45) is 2.26. The van der Waals surface area contributed by atoms with Gasteiger partial charge in [-0.2, -0.15) is 0 Å². The Morgan fingerprint density at radius 2 is 2.28 bits per heavy atom. The van der Waals surface area contributed by atoms with E-state index >= 15 is 0 Å². The fourth-order valence-electron chi connectivity index (χ4n) is 1.95. The van der Waals surface area contributed by atoms with Crippen LogP contribution in [0.2, 0.25) is 0 Å². The molecule has 2 unspecified atom stereocenters. The molecule has 1 N–H and O–H groups in total. The smallest absolute Gasteiger partial charge is 0.262 e. The average Bonchev–Trinajstić information content (AvgIpc) is 2.37. The van der Waals surface area contributed by atoms with Gasteiger partial charge in [-0.1, -0.05) is 42.3 Å². The number of fused-ring (bicyclic) bond motifs is 1. The molecule has 1 heterocycles. The van der Waals surface area contributed by atoms with Gasteiger partial charge in [0.25, 0.3) is 5.91 Å². The van der Waals surface area contributed by atoms with Crippen molar-refractivity contribution in [3.05, 3.63) is 23.8 Å². The van der Waals surface area contributed by atoms with E-state index < -0.39 is 0 Å². The van der Waals surface area contributed by atoms with Gasteiger partial charge < -0.3 is 10.1 Å². The van der Waals surface area contributed by atoms with Crippen LogP contribution in [0.3, 0.4) is 0 Å². The lowest BCUT2D eigenvalue weighted by molar-refractivity contribution is -0.118. The van der Waals surface area contributed by atoms with Crippen molar-refractivity contribution in [2.45, 2.75) is 31.5 Å². The minimum atomic E-state index is -0.0901. The van der Waals surface area contributed by atoms with Crippen LogP contribution in [0.15, 0.2) is 18.2 Å². The van der Waals surface area contributed by atoms with Crippen LogP contribution in [0.5, 0.6) is 5.75 Å². The number of halogens is 1. The van der Waals surface area contributed by atoms with Crippen molar-refractivity contribution in [2.24, 2.45) is 5.92 Å². The maximum absolute atomic E-state index is 11.3. The summed E-state index contributed by atoms with van der Waals surface area (Å²) in [5, 5.41) is 2.84. The Morgan fingerprint density at radius 1 is 1.50 bits per heavy atom. The first kappa shape index (κ1) is 13.4. The van der Waals surface area contributed by atoms with Gasteiger partial charge in [0.2, 0.25) is 0 Å². The number of nitrogens with one attached hydrogen (secondary N) is 1. The zero-order valence-electron chi connectivity index (χ0n) is 10.7. The zero-order chi connectivity index (χ0) is 13.1.